The van der Waals surface area contributed by atoms with E-state index >= 15 is 0 Å². The van der Waals surface area contributed by atoms with Crippen molar-refractivity contribution < 1.29 is 14.6 Å². The van der Waals surface area contributed by atoms with Gasteiger partial charge in [0, 0.05) is 29.6 Å². The molecule has 2 aromatic heterocycles. The maximum atomic E-state index is 12.3. The van der Waals surface area contributed by atoms with Crippen LogP contribution < -0.4 is 0 Å². The van der Waals surface area contributed by atoms with Crippen molar-refractivity contribution in [3.8, 4) is 11.8 Å². The zero-order valence-corrected chi connectivity index (χ0v) is 20.7. The van der Waals surface area contributed by atoms with Crippen LogP contribution in [-0.2, 0) is 11.2 Å². The van der Waals surface area contributed by atoms with E-state index < -0.39 is 5.60 Å². The summed E-state index contributed by atoms with van der Waals surface area (Å²) in [5, 5.41) is 16.5. The summed E-state index contributed by atoms with van der Waals surface area (Å²) in [5.41, 5.74) is 3.03. The van der Waals surface area contributed by atoms with E-state index in [0.29, 0.717) is 35.9 Å². The average Bonchev–Trinajstić information content (AvgIpc) is 3.45. The number of ether oxygens (including phenoxy) is 1. The zero-order chi connectivity index (χ0) is 24.0. The van der Waals surface area contributed by atoms with Crippen molar-refractivity contribution in [1.29, 1.82) is 0 Å². The summed E-state index contributed by atoms with van der Waals surface area (Å²) in [7, 11) is 0. The minimum atomic E-state index is -0.475. The van der Waals surface area contributed by atoms with Gasteiger partial charge >= 0.3 is 6.09 Å². The Bertz CT molecular complexity index is 1200. The smallest absolute Gasteiger partial charge is 0.410 e. The Morgan fingerprint density at radius 3 is 2.65 bits per heavy atom. The SMILES string of the molecule is CC(C)(C)OC(=O)N1CCC(CCc2c(C3CC3)nn(-c3nc4cc(Cl)ccc4[nH]3)c2O)CC1. The quantitative estimate of drug-likeness (QED) is 0.492. The van der Waals surface area contributed by atoms with E-state index in [1.165, 1.54) is 4.68 Å². The number of piperidine rings is 1. The van der Waals surface area contributed by atoms with Crippen LogP contribution in [0.3, 0.4) is 0 Å². The highest BCUT2D eigenvalue weighted by Gasteiger charge is 2.33. The van der Waals surface area contributed by atoms with Gasteiger partial charge < -0.3 is 19.7 Å². The number of H-pyrrole nitrogens is 1. The number of imidazole rings is 1. The number of carbonyl (C=O) groups is 1. The number of benzene rings is 1. The molecule has 1 saturated carbocycles. The summed E-state index contributed by atoms with van der Waals surface area (Å²) < 4.78 is 7.04. The minimum Gasteiger partial charge on any atom is -0.493 e. The molecule has 1 aliphatic heterocycles. The molecule has 34 heavy (non-hydrogen) atoms. The zero-order valence-electron chi connectivity index (χ0n) is 20.0. The number of hydrogen-bond donors (Lipinski definition) is 2. The first kappa shape index (κ1) is 23.0. The van der Waals surface area contributed by atoms with Crippen LogP contribution in [0.2, 0.25) is 5.02 Å². The number of halogens is 1. The molecule has 2 fully saturated rings. The van der Waals surface area contributed by atoms with Crippen LogP contribution in [0.5, 0.6) is 5.88 Å². The number of aromatic amines is 1. The van der Waals surface area contributed by atoms with E-state index in [-0.39, 0.29) is 12.0 Å². The van der Waals surface area contributed by atoms with Gasteiger partial charge in [0.15, 0.2) is 0 Å². The third-order valence-electron chi connectivity index (χ3n) is 6.65. The van der Waals surface area contributed by atoms with E-state index in [2.05, 4.69) is 9.97 Å². The highest BCUT2D eigenvalue weighted by molar-refractivity contribution is 6.31. The number of fused-ring (bicyclic) bond motifs is 1. The number of nitrogens with zero attached hydrogens (tertiary/aromatic N) is 4. The van der Waals surface area contributed by atoms with E-state index in [4.69, 9.17) is 21.4 Å². The van der Waals surface area contributed by atoms with Gasteiger partial charge in [-0.05, 0) is 83.4 Å². The van der Waals surface area contributed by atoms with E-state index in [0.717, 1.165) is 60.8 Å². The lowest BCUT2D eigenvalue weighted by molar-refractivity contribution is 0.0181. The molecule has 182 valence electrons. The fourth-order valence-electron chi connectivity index (χ4n) is 4.68. The molecule has 1 saturated heterocycles. The third kappa shape index (κ3) is 4.87. The number of rotatable bonds is 5. The number of hydrogen-bond acceptors (Lipinski definition) is 5. The topological polar surface area (TPSA) is 96.3 Å². The van der Waals surface area contributed by atoms with Gasteiger partial charge in [-0.25, -0.2) is 9.78 Å². The third-order valence-corrected chi connectivity index (χ3v) is 6.89. The molecule has 2 aliphatic rings. The molecule has 0 radical (unpaired) electrons. The van der Waals surface area contributed by atoms with Crippen molar-refractivity contribution >= 4 is 28.7 Å². The lowest BCUT2D eigenvalue weighted by Gasteiger charge is -2.33. The normalized spacial score (nSPS) is 17.5. The standard InChI is InChI=1S/C25H32ClN5O3/c1-25(2,3)34-24(33)30-12-10-15(11-13-30)4-8-18-21(16-5-6-16)29-31(22(18)32)23-27-19-9-7-17(26)14-20(19)28-23/h7,9,14-16,32H,4-6,8,10-13H2,1-3H3,(H,27,28). The van der Waals surface area contributed by atoms with Crippen LogP contribution in [0.15, 0.2) is 18.2 Å². The Morgan fingerprint density at radius 2 is 1.97 bits per heavy atom. The summed E-state index contributed by atoms with van der Waals surface area (Å²) in [5.74, 6) is 1.57. The molecule has 0 unspecified atom stereocenters. The number of carbonyl (C=O) groups excluding carboxylic acids is 1. The first-order valence-electron chi connectivity index (χ1n) is 12.1. The Balaban J connectivity index is 1.27. The van der Waals surface area contributed by atoms with Crippen molar-refractivity contribution in [2.24, 2.45) is 5.92 Å². The number of likely N-dealkylation sites (tertiary alicyclic amines) is 1. The van der Waals surface area contributed by atoms with Gasteiger partial charge in [-0.15, -0.1) is 0 Å². The van der Waals surface area contributed by atoms with E-state index in [1.54, 1.807) is 11.0 Å². The Morgan fingerprint density at radius 1 is 1.24 bits per heavy atom. The second-order valence-corrected chi connectivity index (χ2v) is 11.0. The van der Waals surface area contributed by atoms with Crippen LogP contribution in [0, 0.1) is 5.92 Å². The lowest BCUT2D eigenvalue weighted by atomic mass is 9.90. The molecule has 0 bridgehead atoms. The summed E-state index contributed by atoms with van der Waals surface area (Å²) in [4.78, 5) is 22.0. The number of nitrogens with one attached hydrogen (secondary N) is 1. The number of aromatic nitrogens is 4. The first-order valence-corrected chi connectivity index (χ1v) is 12.5. The molecular weight excluding hydrogens is 454 g/mol. The monoisotopic (exact) mass is 485 g/mol. The maximum absolute atomic E-state index is 12.3. The van der Waals surface area contributed by atoms with Gasteiger partial charge in [0.25, 0.3) is 0 Å². The molecule has 9 heteroatoms. The van der Waals surface area contributed by atoms with Crippen molar-refractivity contribution in [2.45, 2.75) is 70.8 Å². The van der Waals surface area contributed by atoms with Gasteiger partial charge in [0.05, 0.1) is 16.7 Å². The molecule has 2 N–H and O–H groups in total. The predicted molar refractivity (Wildman–Crippen MR) is 131 cm³/mol. The first-order chi connectivity index (χ1) is 16.2. The largest absolute Gasteiger partial charge is 0.493 e. The predicted octanol–water partition coefficient (Wildman–Crippen LogP) is 5.56. The molecule has 1 aromatic carbocycles. The molecule has 5 rings (SSSR count). The van der Waals surface area contributed by atoms with E-state index in [9.17, 15) is 9.90 Å². The van der Waals surface area contributed by atoms with Gasteiger partial charge in [-0.1, -0.05) is 11.6 Å². The van der Waals surface area contributed by atoms with Crippen LogP contribution >= 0.6 is 11.6 Å². The van der Waals surface area contributed by atoms with Crippen molar-refractivity contribution in [2.75, 3.05) is 13.1 Å². The van der Waals surface area contributed by atoms with E-state index in [1.807, 2.05) is 32.9 Å². The number of amides is 1. The lowest BCUT2D eigenvalue weighted by Crippen LogP contribution is -2.41. The van der Waals surface area contributed by atoms with Crippen molar-refractivity contribution in [3.05, 3.63) is 34.5 Å². The summed E-state index contributed by atoms with van der Waals surface area (Å²) in [6.45, 7) is 7.09. The number of aromatic hydroxyl groups is 1. The maximum Gasteiger partial charge on any atom is 0.410 e. The van der Waals surface area contributed by atoms with Crippen LogP contribution in [0.1, 0.15) is 70.1 Å². The highest BCUT2D eigenvalue weighted by Crippen LogP contribution is 2.44. The average molecular weight is 486 g/mol. The van der Waals surface area contributed by atoms with Crippen LogP contribution in [0.4, 0.5) is 4.79 Å². The molecule has 0 atom stereocenters. The van der Waals surface area contributed by atoms with Gasteiger partial charge in [0.2, 0.25) is 11.8 Å². The van der Waals surface area contributed by atoms with Gasteiger partial charge in [-0.2, -0.15) is 9.78 Å². The summed E-state index contributed by atoms with van der Waals surface area (Å²) >= 11 is 6.10. The fourth-order valence-corrected chi connectivity index (χ4v) is 4.84. The molecule has 3 heterocycles. The second-order valence-electron chi connectivity index (χ2n) is 10.5. The molecule has 0 spiro atoms. The molecule has 3 aromatic rings. The van der Waals surface area contributed by atoms with Crippen LogP contribution in [0.25, 0.3) is 17.0 Å². The molecule has 8 nitrogen and oxygen atoms in total. The van der Waals surface area contributed by atoms with Crippen molar-refractivity contribution in [1.82, 2.24) is 24.6 Å². The second kappa shape index (κ2) is 8.80. The van der Waals surface area contributed by atoms with Crippen molar-refractivity contribution in [3.63, 3.8) is 0 Å². The molecule has 1 aliphatic carbocycles. The van der Waals surface area contributed by atoms with Gasteiger partial charge in [-0.3, -0.25) is 0 Å². The summed E-state index contributed by atoms with van der Waals surface area (Å²) in [6.07, 6.45) is 5.58. The molecular formula is C25H32ClN5O3. The van der Waals surface area contributed by atoms with Crippen LogP contribution in [-0.4, -0.2) is 54.5 Å². The Kier molecular flexibility index (Phi) is 5.96. The fraction of sp³-hybridized carbons (Fsp3) is 0.560. The Hall–Kier alpha value is -2.74. The molecule has 1 amide bonds. The summed E-state index contributed by atoms with van der Waals surface area (Å²) in [6, 6.07) is 5.48. The Labute approximate surface area is 204 Å². The van der Waals surface area contributed by atoms with Gasteiger partial charge in [0.1, 0.15) is 5.60 Å². The minimum absolute atomic E-state index is 0.165. The highest BCUT2D eigenvalue weighted by atomic mass is 35.5.